The van der Waals surface area contributed by atoms with E-state index in [1.165, 1.54) is 0 Å². The molecule has 0 amide bonds. The molecule has 0 bridgehead atoms. The van der Waals surface area contributed by atoms with Crippen LogP contribution in [0, 0.1) is 0 Å². The number of nitrogens with one attached hydrogen (secondary N) is 1. The van der Waals surface area contributed by atoms with Crippen LogP contribution in [0.3, 0.4) is 0 Å². The van der Waals surface area contributed by atoms with Gasteiger partial charge in [-0.3, -0.25) is 0 Å². The van der Waals surface area contributed by atoms with Gasteiger partial charge in [0.2, 0.25) is 11.8 Å². The van der Waals surface area contributed by atoms with Crippen molar-refractivity contribution in [3.05, 3.63) is 40.0 Å². The van der Waals surface area contributed by atoms with Crippen LogP contribution in [0.15, 0.2) is 34.9 Å². The molecular formula is C11H9BrClN3O. The Hall–Kier alpha value is -1.33. The molecule has 0 spiro atoms. The molecule has 88 valence electrons. The Morgan fingerprint density at radius 3 is 2.94 bits per heavy atom. The first kappa shape index (κ1) is 12.1. The number of anilines is 2. The lowest BCUT2D eigenvalue weighted by atomic mass is 10.3. The zero-order chi connectivity index (χ0) is 12.3. The predicted molar refractivity (Wildman–Crippen MR) is 71.0 cm³/mol. The van der Waals surface area contributed by atoms with Crippen molar-refractivity contribution < 1.29 is 4.74 Å². The third kappa shape index (κ3) is 3.08. The van der Waals surface area contributed by atoms with E-state index in [1.54, 1.807) is 25.4 Å². The van der Waals surface area contributed by atoms with Gasteiger partial charge in [0.1, 0.15) is 0 Å². The lowest BCUT2D eigenvalue weighted by molar-refractivity contribution is 0.394. The number of nitrogens with zero attached hydrogens (tertiary/aromatic N) is 2. The van der Waals surface area contributed by atoms with Gasteiger partial charge in [0.15, 0.2) is 0 Å². The summed E-state index contributed by atoms with van der Waals surface area (Å²) < 4.78 is 5.79. The van der Waals surface area contributed by atoms with Crippen molar-refractivity contribution in [3.8, 4) is 5.88 Å². The average Bonchev–Trinajstić information content (AvgIpc) is 2.32. The molecule has 6 heteroatoms. The molecule has 1 heterocycles. The Balaban J connectivity index is 2.24. The zero-order valence-corrected chi connectivity index (χ0v) is 11.3. The number of halogens is 2. The largest absolute Gasteiger partial charge is 0.480 e. The van der Waals surface area contributed by atoms with Gasteiger partial charge in [-0.2, -0.15) is 4.98 Å². The molecule has 0 atom stereocenters. The minimum atomic E-state index is 0.451. The second kappa shape index (κ2) is 5.33. The van der Waals surface area contributed by atoms with Gasteiger partial charge in [-0.15, -0.1) is 0 Å². The summed E-state index contributed by atoms with van der Waals surface area (Å²) in [5.74, 6) is 0.928. The highest BCUT2D eigenvalue weighted by molar-refractivity contribution is 9.10. The van der Waals surface area contributed by atoms with Crippen molar-refractivity contribution in [1.82, 2.24) is 9.97 Å². The van der Waals surface area contributed by atoms with Crippen LogP contribution in [0.4, 0.5) is 11.6 Å². The molecule has 0 unspecified atom stereocenters. The summed E-state index contributed by atoms with van der Waals surface area (Å²) >= 11 is 9.17. The molecule has 0 saturated heterocycles. The summed E-state index contributed by atoms with van der Waals surface area (Å²) in [5, 5.41) is 3.69. The molecule has 0 radical (unpaired) electrons. The molecule has 2 rings (SSSR count). The Morgan fingerprint density at radius 1 is 1.41 bits per heavy atom. The van der Waals surface area contributed by atoms with E-state index in [0.717, 1.165) is 5.69 Å². The SMILES string of the molecule is COc1nc(Nc2cccc(Cl)c2)ncc1Br. The van der Waals surface area contributed by atoms with Gasteiger partial charge in [-0.05, 0) is 34.1 Å². The molecule has 4 nitrogen and oxygen atoms in total. The van der Waals surface area contributed by atoms with E-state index in [2.05, 4.69) is 31.2 Å². The molecule has 0 fully saturated rings. The van der Waals surface area contributed by atoms with E-state index in [1.807, 2.05) is 12.1 Å². The Morgan fingerprint density at radius 2 is 2.24 bits per heavy atom. The van der Waals surface area contributed by atoms with E-state index in [0.29, 0.717) is 21.3 Å². The summed E-state index contributed by atoms with van der Waals surface area (Å²) in [5.41, 5.74) is 0.821. The van der Waals surface area contributed by atoms with Crippen molar-refractivity contribution >= 4 is 39.2 Å². The van der Waals surface area contributed by atoms with Crippen LogP contribution in [0.1, 0.15) is 0 Å². The monoisotopic (exact) mass is 313 g/mol. The minimum absolute atomic E-state index is 0.451. The van der Waals surface area contributed by atoms with Crippen LogP contribution in [0.25, 0.3) is 0 Å². The molecule has 0 saturated carbocycles. The van der Waals surface area contributed by atoms with Gasteiger partial charge in [0, 0.05) is 10.7 Å². The van der Waals surface area contributed by atoms with E-state index >= 15 is 0 Å². The topological polar surface area (TPSA) is 47.0 Å². The maximum absolute atomic E-state index is 5.88. The van der Waals surface area contributed by atoms with Gasteiger partial charge in [0.05, 0.1) is 17.8 Å². The van der Waals surface area contributed by atoms with E-state index < -0.39 is 0 Å². The number of hydrogen-bond donors (Lipinski definition) is 1. The molecule has 1 aromatic heterocycles. The van der Waals surface area contributed by atoms with Gasteiger partial charge in [-0.25, -0.2) is 4.98 Å². The predicted octanol–water partition coefficient (Wildman–Crippen LogP) is 3.64. The summed E-state index contributed by atoms with van der Waals surface area (Å²) in [7, 11) is 1.55. The third-order valence-electron chi connectivity index (χ3n) is 1.99. The number of methoxy groups -OCH3 is 1. The smallest absolute Gasteiger partial charge is 0.232 e. The van der Waals surface area contributed by atoms with E-state index in [9.17, 15) is 0 Å². The summed E-state index contributed by atoms with van der Waals surface area (Å²) in [6.45, 7) is 0. The first-order valence-electron chi connectivity index (χ1n) is 4.78. The van der Waals surface area contributed by atoms with E-state index in [-0.39, 0.29) is 0 Å². The standard InChI is InChI=1S/C11H9BrClN3O/c1-17-10-9(12)6-14-11(16-10)15-8-4-2-3-7(13)5-8/h2-6H,1H3,(H,14,15,16). The highest BCUT2D eigenvalue weighted by Gasteiger charge is 2.05. The number of ether oxygens (including phenoxy) is 1. The molecule has 0 aliphatic carbocycles. The lowest BCUT2D eigenvalue weighted by Crippen LogP contribution is -1.99. The van der Waals surface area contributed by atoms with Crippen molar-refractivity contribution in [1.29, 1.82) is 0 Å². The zero-order valence-electron chi connectivity index (χ0n) is 8.95. The van der Waals surface area contributed by atoms with Crippen LogP contribution in [0.5, 0.6) is 5.88 Å². The maximum atomic E-state index is 5.88. The fourth-order valence-corrected chi connectivity index (χ4v) is 1.79. The van der Waals surface area contributed by atoms with Gasteiger partial charge in [0.25, 0.3) is 0 Å². The summed E-state index contributed by atoms with van der Waals surface area (Å²) in [6.07, 6.45) is 1.62. The second-order valence-electron chi connectivity index (χ2n) is 3.19. The quantitative estimate of drug-likeness (QED) is 0.939. The molecule has 1 N–H and O–H groups in total. The van der Waals surface area contributed by atoms with Crippen LogP contribution in [-0.2, 0) is 0 Å². The summed E-state index contributed by atoms with van der Waals surface area (Å²) in [4.78, 5) is 8.30. The normalized spacial score (nSPS) is 10.1. The van der Waals surface area contributed by atoms with Gasteiger partial charge in [-0.1, -0.05) is 17.7 Å². The summed E-state index contributed by atoms with van der Waals surface area (Å²) in [6, 6.07) is 7.32. The number of rotatable bonds is 3. The number of hydrogen-bond acceptors (Lipinski definition) is 4. The molecule has 1 aromatic carbocycles. The van der Waals surface area contributed by atoms with Crippen LogP contribution in [-0.4, -0.2) is 17.1 Å². The highest BCUT2D eigenvalue weighted by atomic mass is 79.9. The number of aromatic nitrogens is 2. The fraction of sp³-hybridized carbons (Fsp3) is 0.0909. The Labute approximate surface area is 112 Å². The van der Waals surface area contributed by atoms with E-state index in [4.69, 9.17) is 16.3 Å². The van der Waals surface area contributed by atoms with Crippen molar-refractivity contribution in [2.75, 3.05) is 12.4 Å². The van der Waals surface area contributed by atoms with Gasteiger partial charge < -0.3 is 10.1 Å². The molecule has 17 heavy (non-hydrogen) atoms. The maximum Gasteiger partial charge on any atom is 0.232 e. The molecular weight excluding hydrogens is 305 g/mol. The van der Waals surface area contributed by atoms with Crippen molar-refractivity contribution in [2.24, 2.45) is 0 Å². The molecule has 2 aromatic rings. The first-order valence-corrected chi connectivity index (χ1v) is 5.95. The minimum Gasteiger partial charge on any atom is -0.480 e. The highest BCUT2D eigenvalue weighted by Crippen LogP contribution is 2.24. The molecule has 0 aliphatic rings. The molecule has 0 aliphatic heterocycles. The van der Waals surface area contributed by atoms with Crippen LogP contribution in [0.2, 0.25) is 5.02 Å². The number of benzene rings is 1. The fourth-order valence-electron chi connectivity index (χ4n) is 1.25. The first-order chi connectivity index (χ1) is 8.19. The Kier molecular flexibility index (Phi) is 3.81. The van der Waals surface area contributed by atoms with Crippen LogP contribution >= 0.6 is 27.5 Å². The Bertz CT molecular complexity index is 536. The van der Waals surface area contributed by atoms with Crippen molar-refractivity contribution in [3.63, 3.8) is 0 Å². The van der Waals surface area contributed by atoms with Crippen LogP contribution < -0.4 is 10.1 Å². The van der Waals surface area contributed by atoms with Crippen molar-refractivity contribution in [2.45, 2.75) is 0 Å². The average molecular weight is 315 g/mol. The third-order valence-corrected chi connectivity index (χ3v) is 2.77. The van der Waals surface area contributed by atoms with Gasteiger partial charge >= 0.3 is 0 Å². The second-order valence-corrected chi connectivity index (χ2v) is 4.48. The lowest BCUT2D eigenvalue weighted by Gasteiger charge is -2.07.